The number of thiophene rings is 1. The summed E-state index contributed by atoms with van der Waals surface area (Å²) < 4.78 is 2.42. The lowest BCUT2D eigenvalue weighted by molar-refractivity contribution is 1.07. The first-order valence-electron chi connectivity index (χ1n) is 18.2. The van der Waals surface area contributed by atoms with Gasteiger partial charge in [-0.15, -0.1) is 11.3 Å². The smallest absolute Gasteiger partial charge is 0.164 e. The molecule has 3 aromatic heterocycles. The summed E-state index contributed by atoms with van der Waals surface area (Å²) in [7, 11) is 0. The van der Waals surface area contributed by atoms with Gasteiger partial charge in [0, 0.05) is 53.6 Å². The highest BCUT2D eigenvalue weighted by Crippen LogP contribution is 2.39. The fourth-order valence-corrected chi connectivity index (χ4v) is 8.06. The molecule has 0 aliphatic rings. The Hall–Kier alpha value is -7.15. The summed E-state index contributed by atoms with van der Waals surface area (Å²) >= 11 is 1.79. The summed E-state index contributed by atoms with van der Waals surface area (Å²) in [6.45, 7) is 0. The first-order valence-corrected chi connectivity index (χ1v) is 19.0. The summed E-state index contributed by atoms with van der Waals surface area (Å²) in [5.74, 6) is 2.67. The van der Waals surface area contributed by atoms with E-state index >= 15 is 0 Å². The summed E-state index contributed by atoms with van der Waals surface area (Å²) in [6.07, 6.45) is 0. The molecule has 0 unspecified atom stereocenters. The largest absolute Gasteiger partial charge is 0.228 e. The summed E-state index contributed by atoms with van der Waals surface area (Å²) in [6, 6.07) is 64.7. The molecule has 3 heterocycles. The van der Waals surface area contributed by atoms with Crippen LogP contribution in [-0.2, 0) is 0 Å². The van der Waals surface area contributed by atoms with Crippen molar-refractivity contribution in [2.24, 2.45) is 0 Å². The van der Waals surface area contributed by atoms with Gasteiger partial charge < -0.3 is 0 Å². The number of benzene rings is 7. The Morgan fingerprint density at radius 2 is 0.673 bits per heavy atom. The van der Waals surface area contributed by atoms with Crippen LogP contribution in [0.4, 0.5) is 0 Å². The quantitative estimate of drug-likeness (QED) is 0.164. The van der Waals surface area contributed by atoms with E-state index in [1.165, 1.54) is 20.2 Å². The zero-order valence-electron chi connectivity index (χ0n) is 29.5. The second-order valence-corrected chi connectivity index (χ2v) is 14.4. The van der Waals surface area contributed by atoms with E-state index in [2.05, 4.69) is 91.0 Å². The van der Waals surface area contributed by atoms with Gasteiger partial charge in [0.2, 0.25) is 0 Å². The third-order valence-corrected chi connectivity index (χ3v) is 10.9. The zero-order chi connectivity index (χ0) is 36.6. The molecule has 258 valence electrons. The Kier molecular flexibility index (Phi) is 8.28. The van der Waals surface area contributed by atoms with Crippen molar-refractivity contribution < 1.29 is 0 Å². The highest BCUT2D eigenvalue weighted by molar-refractivity contribution is 7.25. The molecular weight excluding hydrogens is 691 g/mol. The maximum atomic E-state index is 5.02. The summed E-state index contributed by atoms with van der Waals surface area (Å²) in [5.41, 5.74) is 10.1. The van der Waals surface area contributed by atoms with Gasteiger partial charge in [-0.05, 0) is 35.4 Å². The molecule has 0 saturated carbocycles. The van der Waals surface area contributed by atoms with Gasteiger partial charge in [-0.1, -0.05) is 164 Å². The molecule has 0 spiro atoms. The number of aromatic nitrogens is 5. The van der Waals surface area contributed by atoms with Crippen LogP contribution in [0.1, 0.15) is 0 Å². The third-order valence-electron chi connectivity index (χ3n) is 9.77. The number of fused-ring (bicyclic) bond motifs is 3. The van der Waals surface area contributed by atoms with E-state index in [0.717, 1.165) is 55.9 Å². The van der Waals surface area contributed by atoms with Crippen molar-refractivity contribution in [2.45, 2.75) is 0 Å². The molecule has 0 fully saturated rings. The first kappa shape index (κ1) is 32.5. The van der Waals surface area contributed by atoms with E-state index < -0.39 is 0 Å². The molecule has 0 aliphatic carbocycles. The average molecular weight is 722 g/mol. The van der Waals surface area contributed by atoms with Crippen LogP contribution < -0.4 is 0 Å². The van der Waals surface area contributed by atoms with Crippen LogP contribution in [0.3, 0.4) is 0 Å². The Morgan fingerprint density at radius 3 is 1.22 bits per heavy atom. The molecule has 7 aromatic carbocycles. The van der Waals surface area contributed by atoms with Gasteiger partial charge in [0.25, 0.3) is 0 Å². The Morgan fingerprint density at radius 1 is 0.255 bits per heavy atom. The van der Waals surface area contributed by atoms with Crippen LogP contribution >= 0.6 is 11.3 Å². The van der Waals surface area contributed by atoms with Gasteiger partial charge in [-0.2, -0.15) is 0 Å². The predicted molar refractivity (Wildman–Crippen MR) is 226 cm³/mol. The molecule has 6 heteroatoms. The number of rotatable bonds is 7. The van der Waals surface area contributed by atoms with Crippen LogP contribution in [-0.4, -0.2) is 24.9 Å². The number of hydrogen-bond acceptors (Lipinski definition) is 6. The SMILES string of the molecule is c1ccc(-c2cc(-c3ccccc3)nc(-c3ccc(-c4ccc5sc6cc(-c7nc(-c8ccccc8)nc(-c8ccccc8)n7)ccc6c5c4)cc3)n2)cc1. The molecule has 0 aliphatic heterocycles. The fraction of sp³-hybridized carbons (Fsp3) is 0. The molecular formula is C49H31N5S. The lowest BCUT2D eigenvalue weighted by Crippen LogP contribution is -1.99. The van der Waals surface area contributed by atoms with Crippen molar-refractivity contribution in [3.05, 3.63) is 188 Å². The van der Waals surface area contributed by atoms with Gasteiger partial charge >= 0.3 is 0 Å². The van der Waals surface area contributed by atoms with Gasteiger partial charge in [0.15, 0.2) is 23.3 Å². The summed E-state index contributed by atoms with van der Waals surface area (Å²) in [4.78, 5) is 24.8. The lowest BCUT2D eigenvalue weighted by atomic mass is 10.0. The fourth-order valence-electron chi connectivity index (χ4n) is 6.94. The second kappa shape index (κ2) is 14.0. The van der Waals surface area contributed by atoms with Crippen molar-refractivity contribution in [1.29, 1.82) is 0 Å². The Labute approximate surface area is 322 Å². The molecule has 0 saturated heterocycles. The molecule has 0 N–H and O–H groups in total. The molecule has 10 aromatic rings. The highest BCUT2D eigenvalue weighted by Gasteiger charge is 2.15. The first-order chi connectivity index (χ1) is 27.2. The van der Waals surface area contributed by atoms with Crippen LogP contribution in [0.25, 0.3) is 99.4 Å². The van der Waals surface area contributed by atoms with E-state index in [9.17, 15) is 0 Å². The molecule has 0 radical (unpaired) electrons. The van der Waals surface area contributed by atoms with Crippen LogP contribution in [0.5, 0.6) is 0 Å². The molecule has 0 atom stereocenters. The minimum absolute atomic E-state index is 0.655. The van der Waals surface area contributed by atoms with Crippen molar-refractivity contribution in [1.82, 2.24) is 24.9 Å². The van der Waals surface area contributed by atoms with Crippen molar-refractivity contribution >= 4 is 31.5 Å². The van der Waals surface area contributed by atoms with Gasteiger partial charge in [-0.25, -0.2) is 24.9 Å². The van der Waals surface area contributed by atoms with Crippen LogP contribution in [0.2, 0.25) is 0 Å². The molecule has 0 bridgehead atoms. The minimum atomic E-state index is 0.655. The molecule has 10 rings (SSSR count). The lowest BCUT2D eigenvalue weighted by Gasteiger charge is -2.10. The van der Waals surface area contributed by atoms with Gasteiger partial charge in [0.1, 0.15) is 0 Å². The normalized spacial score (nSPS) is 11.3. The monoisotopic (exact) mass is 721 g/mol. The maximum absolute atomic E-state index is 5.02. The topological polar surface area (TPSA) is 64.5 Å². The van der Waals surface area contributed by atoms with E-state index in [1.807, 2.05) is 97.1 Å². The molecule has 55 heavy (non-hydrogen) atoms. The highest BCUT2D eigenvalue weighted by atomic mass is 32.1. The van der Waals surface area contributed by atoms with E-state index in [1.54, 1.807) is 11.3 Å². The average Bonchev–Trinajstić information content (AvgIpc) is 3.65. The van der Waals surface area contributed by atoms with E-state index in [4.69, 9.17) is 24.9 Å². The predicted octanol–water partition coefficient (Wildman–Crippen LogP) is 12.7. The van der Waals surface area contributed by atoms with E-state index in [-0.39, 0.29) is 0 Å². The summed E-state index contributed by atoms with van der Waals surface area (Å²) in [5, 5.41) is 2.44. The van der Waals surface area contributed by atoms with Crippen molar-refractivity contribution in [2.75, 3.05) is 0 Å². The molecule has 5 nitrogen and oxygen atoms in total. The van der Waals surface area contributed by atoms with Gasteiger partial charge in [-0.3, -0.25) is 0 Å². The third kappa shape index (κ3) is 6.45. The number of hydrogen-bond donors (Lipinski definition) is 0. The number of nitrogens with zero attached hydrogens (tertiary/aromatic N) is 5. The zero-order valence-corrected chi connectivity index (χ0v) is 30.4. The van der Waals surface area contributed by atoms with Gasteiger partial charge in [0.05, 0.1) is 11.4 Å². The maximum Gasteiger partial charge on any atom is 0.164 e. The second-order valence-electron chi connectivity index (χ2n) is 13.3. The van der Waals surface area contributed by atoms with Crippen LogP contribution in [0.15, 0.2) is 188 Å². The van der Waals surface area contributed by atoms with Crippen molar-refractivity contribution in [3.63, 3.8) is 0 Å². The Balaban J connectivity index is 0.995. The molecule has 0 amide bonds. The van der Waals surface area contributed by atoms with E-state index in [0.29, 0.717) is 23.3 Å². The van der Waals surface area contributed by atoms with Crippen molar-refractivity contribution in [3.8, 4) is 79.2 Å². The standard InChI is InChI=1S/C49H31N5S/c1-5-13-33(14-6-1)42-31-43(34-15-7-2-8-16-34)51-46(50-42)37-23-21-32(22-24-37)38-26-28-44-41(29-38)40-27-25-39(30-45(40)55-44)49-53-47(35-17-9-3-10-18-35)52-48(54-49)36-19-11-4-12-20-36/h1-31H. The Bertz CT molecular complexity index is 2830. The van der Waals surface area contributed by atoms with Crippen LogP contribution in [0, 0.1) is 0 Å². The minimum Gasteiger partial charge on any atom is -0.228 e.